The van der Waals surface area contributed by atoms with Crippen molar-refractivity contribution in [3.63, 3.8) is 0 Å². The topological polar surface area (TPSA) is 46.2 Å². The highest BCUT2D eigenvalue weighted by atomic mass is 16.2. The molecule has 0 atom stereocenters. The fraction of sp³-hybridized carbons (Fsp3) is 0.920. The van der Waals surface area contributed by atoms with Gasteiger partial charge in [-0.25, -0.2) is 0 Å². The van der Waals surface area contributed by atoms with Gasteiger partial charge in [-0.3, -0.25) is 14.9 Å². The molecular formula is C25H47B2NO2. The van der Waals surface area contributed by atoms with E-state index < -0.39 is 0 Å². The molecule has 0 aromatic rings. The smallest absolute Gasteiger partial charge is 0.226 e. The van der Waals surface area contributed by atoms with Crippen LogP contribution in [0.3, 0.4) is 0 Å². The first-order chi connectivity index (χ1) is 14.4. The predicted octanol–water partition coefficient (Wildman–Crippen LogP) is 6.21. The Morgan fingerprint density at radius 1 is 0.533 bits per heavy atom. The van der Waals surface area contributed by atoms with E-state index in [-0.39, 0.29) is 17.1 Å². The molecule has 1 saturated heterocycles. The van der Waals surface area contributed by atoms with Crippen molar-refractivity contribution in [2.45, 2.75) is 146 Å². The predicted molar refractivity (Wildman–Crippen MR) is 132 cm³/mol. The summed E-state index contributed by atoms with van der Waals surface area (Å²) < 4.78 is 0. The van der Waals surface area contributed by atoms with Gasteiger partial charge in [0.05, 0.1) is 14.3 Å². The van der Waals surface area contributed by atoms with E-state index >= 15 is 0 Å². The van der Waals surface area contributed by atoms with E-state index in [9.17, 15) is 9.59 Å². The van der Waals surface area contributed by atoms with Crippen LogP contribution in [0.5, 0.6) is 0 Å². The van der Waals surface area contributed by atoms with Gasteiger partial charge in [0.1, 0.15) is 0 Å². The molecule has 170 valence electrons. The summed E-state index contributed by atoms with van der Waals surface area (Å²) in [6.45, 7) is 4.97. The molecule has 2 aliphatic rings. The van der Waals surface area contributed by atoms with Crippen LogP contribution in [-0.4, -0.2) is 26.2 Å². The molecule has 0 spiro atoms. The number of carbonyl (C=O) groups is 2. The second-order valence-corrected chi connectivity index (χ2v) is 11.2. The van der Waals surface area contributed by atoms with Gasteiger partial charge in [-0.05, 0) is 12.8 Å². The van der Waals surface area contributed by atoms with E-state index in [1.807, 2.05) is 0 Å². The summed E-state index contributed by atoms with van der Waals surface area (Å²) in [6.07, 6.45) is 23.4. The van der Waals surface area contributed by atoms with E-state index in [0.717, 1.165) is 25.7 Å². The first-order valence-electron chi connectivity index (χ1n) is 13.2. The van der Waals surface area contributed by atoms with E-state index in [4.69, 9.17) is 0 Å². The fourth-order valence-electron chi connectivity index (χ4n) is 5.68. The maximum atomic E-state index is 11.9. The maximum Gasteiger partial charge on any atom is 0.226 e. The molecule has 0 bridgehead atoms. The Morgan fingerprint density at radius 2 is 0.833 bits per heavy atom. The third-order valence-corrected chi connectivity index (χ3v) is 8.04. The standard InChI is InChI=1S/C25H47B2NO2/c1-24(18-12-10-8-6-4-3-5-7-9-11-13-19-24)26-27-25(2)20-14-16-22(29)28-23(30)17-15-21-25/h26-27H,3-21H2,1-2H3,(H,28,29,30). The van der Waals surface area contributed by atoms with Gasteiger partial charge < -0.3 is 0 Å². The van der Waals surface area contributed by atoms with Gasteiger partial charge in [-0.1, -0.05) is 121 Å². The van der Waals surface area contributed by atoms with Crippen molar-refractivity contribution < 1.29 is 9.59 Å². The molecule has 1 aliphatic heterocycles. The lowest BCUT2D eigenvalue weighted by atomic mass is 9.20. The van der Waals surface area contributed by atoms with Crippen LogP contribution >= 0.6 is 0 Å². The van der Waals surface area contributed by atoms with Gasteiger partial charge in [-0.15, -0.1) is 0 Å². The first kappa shape index (κ1) is 25.5. The van der Waals surface area contributed by atoms with Crippen LogP contribution in [0.1, 0.15) is 136 Å². The zero-order valence-electron chi connectivity index (χ0n) is 20.2. The molecule has 1 N–H and O–H groups in total. The lowest BCUT2D eigenvalue weighted by Crippen LogP contribution is -2.34. The monoisotopic (exact) mass is 415 g/mol. The van der Waals surface area contributed by atoms with Gasteiger partial charge in [0, 0.05) is 12.8 Å². The normalized spacial score (nSPS) is 25.4. The van der Waals surface area contributed by atoms with Crippen molar-refractivity contribution in [1.29, 1.82) is 0 Å². The second kappa shape index (κ2) is 13.6. The molecule has 5 heteroatoms. The third kappa shape index (κ3) is 10.5. The van der Waals surface area contributed by atoms with Crippen molar-refractivity contribution >= 4 is 26.2 Å². The average molecular weight is 415 g/mol. The van der Waals surface area contributed by atoms with Crippen molar-refractivity contribution in [1.82, 2.24) is 5.32 Å². The molecule has 1 heterocycles. The maximum absolute atomic E-state index is 11.9. The van der Waals surface area contributed by atoms with Crippen LogP contribution in [0.4, 0.5) is 0 Å². The summed E-state index contributed by atoms with van der Waals surface area (Å²) in [4.78, 5) is 23.8. The molecule has 1 saturated carbocycles. The number of amides is 2. The molecule has 3 nitrogen and oxygen atoms in total. The van der Waals surface area contributed by atoms with Crippen LogP contribution in [0.15, 0.2) is 0 Å². The molecular weight excluding hydrogens is 368 g/mol. The van der Waals surface area contributed by atoms with Gasteiger partial charge in [0.2, 0.25) is 11.8 Å². The minimum absolute atomic E-state index is 0.0813. The molecule has 0 radical (unpaired) electrons. The highest BCUT2D eigenvalue weighted by molar-refractivity contribution is 7.03. The van der Waals surface area contributed by atoms with E-state index in [2.05, 4.69) is 19.2 Å². The zero-order valence-corrected chi connectivity index (χ0v) is 20.2. The molecule has 2 fully saturated rings. The number of nitrogens with one attached hydrogen (secondary N) is 1. The summed E-state index contributed by atoms with van der Waals surface area (Å²) in [6, 6.07) is 0. The summed E-state index contributed by atoms with van der Waals surface area (Å²) in [5, 5.41) is 3.28. The van der Waals surface area contributed by atoms with Gasteiger partial charge in [-0.2, -0.15) is 0 Å². The van der Waals surface area contributed by atoms with Gasteiger partial charge >= 0.3 is 0 Å². The average Bonchev–Trinajstić information content (AvgIpc) is 2.69. The van der Waals surface area contributed by atoms with Crippen molar-refractivity contribution in [3.8, 4) is 0 Å². The molecule has 0 aromatic carbocycles. The van der Waals surface area contributed by atoms with Crippen LogP contribution in [0.25, 0.3) is 0 Å². The van der Waals surface area contributed by atoms with Gasteiger partial charge in [0.15, 0.2) is 0 Å². The fourth-order valence-corrected chi connectivity index (χ4v) is 5.68. The number of hydrogen-bond acceptors (Lipinski definition) is 2. The molecule has 0 aromatic heterocycles. The van der Waals surface area contributed by atoms with E-state index in [1.54, 1.807) is 0 Å². The lowest BCUT2D eigenvalue weighted by Gasteiger charge is -2.35. The summed E-state index contributed by atoms with van der Waals surface area (Å²) >= 11 is 0. The van der Waals surface area contributed by atoms with E-state index in [1.165, 1.54) is 97.8 Å². The SMILES string of the molecule is CC1(BBC2(C)CCCC(=O)NC(=O)CCC2)CCCCCCCCCCCCC1. The third-order valence-electron chi connectivity index (χ3n) is 8.04. The number of carbonyl (C=O) groups excluding carboxylic acids is 2. The summed E-state index contributed by atoms with van der Waals surface area (Å²) in [5.41, 5.74) is 0. The largest absolute Gasteiger partial charge is 0.296 e. The Bertz CT molecular complexity index is 489. The van der Waals surface area contributed by atoms with Crippen molar-refractivity contribution in [2.75, 3.05) is 0 Å². The Kier molecular flexibility index (Phi) is 11.6. The molecule has 0 unspecified atom stereocenters. The minimum Gasteiger partial charge on any atom is -0.296 e. The Morgan fingerprint density at radius 3 is 1.20 bits per heavy atom. The van der Waals surface area contributed by atoms with Gasteiger partial charge in [0.25, 0.3) is 0 Å². The molecule has 2 rings (SSSR count). The summed E-state index contributed by atoms with van der Waals surface area (Å²) in [5.74, 6) is -0.163. The Labute approximate surface area is 187 Å². The number of imide groups is 1. The quantitative estimate of drug-likeness (QED) is 0.440. The van der Waals surface area contributed by atoms with Crippen LogP contribution in [-0.2, 0) is 9.59 Å². The number of rotatable bonds is 3. The van der Waals surface area contributed by atoms with Crippen LogP contribution in [0, 0.1) is 0 Å². The zero-order chi connectivity index (χ0) is 21.7. The van der Waals surface area contributed by atoms with Crippen molar-refractivity contribution in [3.05, 3.63) is 0 Å². The summed E-state index contributed by atoms with van der Waals surface area (Å²) in [7, 11) is 2.56. The molecule has 30 heavy (non-hydrogen) atoms. The Balaban J connectivity index is 1.90. The van der Waals surface area contributed by atoms with Crippen LogP contribution < -0.4 is 5.32 Å². The lowest BCUT2D eigenvalue weighted by molar-refractivity contribution is -0.130. The second-order valence-electron chi connectivity index (χ2n) is 11.2. The Hall–Kier alpha value is -0.730. The first-order valence-corrected chi connectivity index (χ1v) is 13.2. The minimum atomic E-state index is -0.0813. The highest BCUT2D eigenvalue weighted by Crippen LogP contribution is 2.43. The van der Waals surface area contributed by atoms with Crippen LogP contribution in [0.2, 0.25) is 10.6 Å². The number of hydrogen-bond donors (Lipinski definition) is 1. The molecule has 1 aliphatic carbocycles. The molecule has 2 amide bonds. The highest BCUT2D eigenvalue weighted by Gasteiger charge is 2.32. The van der Waals surface area contributed by atoms with E-state index in [0.29, 0.717) is 18.2 Å². The van der Waals surface area contributed by atoms with Crippen molar-refractivity contribution in [2.24, 2.45) is 0 Å².